The van der Waals surface area contributed by atoms with Gasteiger partial charge in [-0.15, -0.1) is 0 Å². The van der Waals surface area contributed by atoms with Crippen LogP contribution in [0.4, 0.5) is 10.1 Å². The molecule has 0 aliphatic heterocycles. The van der Waals surface area contributed by atoms with Gasteiger partial charge < -0.3 is 10.2 Å². The zero-order valence-electron chi connectivity index (χ0n) is 20.4. The highest BCUT2D eigenvalue weighted by Gasteiger charge is 2.32. The van der Waals surface area contributed by atoms with E-state index in [1.807, 2.05) is 6.92 Å². The van der Waals surface area contributed by atoms with E-state index >= 15 is 0 Å². The molecule has 0 bridgehead atoms. The van der Waals surface area contributed by atoms with Crippen LogP contribution in [0.1, 0.15) is 18.1 Å². The van der Waals surface area contributed by atoms with Gasteiger partial charge in [0.1, 0.15) is 18.4 Å². The highest BCUT2D eigenvalue weighted by molar-refractivity contribution is 7.92. The van der Waals surface area contributed by atoms with Crippen LogP contribution in [0.2, 0.25) is 10.0 Å². The number of amides is 2. The molecule has 0 radical (unpaired) electrons. The second kappa shape index (κ2) is 11.9. The van der Waals surface area contributed by atoms with Crippen molar-refractivity contribution in [2.24, 2.45) is 0 Å². The van der Waals surface area contributed by atoms with Gasteiger partial charge in [0.25, 0.3) is 10.0 Å². The summed E-state index contributed by atoms with van der Waals surface area (Å²) in [4.78, 5) is 27.4. The second-order valence-electron chi connectivity index (χ2n) is 8.35. The van der Waals surface area contributed by atoms with Crippen molar-refractivity contribution in [3.63, 3.8) is 0 Å². The van der Waals surface area contributed by atoms with Crippen molar-refractivity contribution in [2.75, 3.05) is 17.9 Å². The molecule has 0 saturated carbocycles. The fourth-order valence-corrected chi connectivity index (χ4v) is 5.48. The molecular weight excluding hydrogens is 540 g/mol. The van der Waals surface area contributed by atoms with Gasteiger partial charge in [0.05, 0.1) is 10.6 Å². The summed E-state index contributed by atoms with van der Waals surface area (Å²) in [5, 5.41) is 3.19. The first-order valence-corrected chi connectivity index (χ1v) is 13.4. The molecule has 196 valence electrons. The maximum absolute atomic E-state index is 13.7. The normalized spacial score (nSPS) is 12.1. The van der Waals surface area contributed by atoms with Gasteiger partial charge in [-0.05, 0) is 67.9 Å². The molecule has 0 heterocycles. The maximum Gasteiger partial charge on any atom is 0.264 e. The van der Waals surface area contributed by atoms with Crippen molar-refractivity contribution in [3.05, 3.63) is 93.7 Å². The van der Waals surface area contributed by atoms with Crippen LogP contribution in [0.3, 0.4) is 0 Å². The molecular formula is C26H26Cl2FN3O4S. The van der Waals surface area contributed by atoms with Crippen molar-refractivity contribution in [1.82, 2.24) is 10.2 Å². The number of carbonyl (C=O) groups excluding carboxylic acids is 2. The number of benzene rings is 3. The summed E-state index contributed by atoms with van der Waals surface area (Å²) in [7, 11) is -2.80. The molecule has 0 aliphatic carbocycles. The van der Waals surface area contributed by atoms with Crippen LogP contribution in [0.5, 0.6) is 0 Å². The van der Waals surface area contributed by atoms with Crippen LogP contribution in [-0.4, -0.2) is 44.8 Å². The quantitative estimate of drug-likeness (QED) is 0.403. The first-order chi connectivity index (χ1) is 17.4. The Kier molecular flexibility index (Phi) is 9.17. The fourth-order valence-electron chi connectivity index (χ4n) is 3.60. The fraction of sp³-hybridized carbons (Fsp3) is 0.231. The molecule has 1 atom stereocenters. The first-order valence-electron chi connectivity index (χ1n) is 11.2. The van der Waals surface area contributed by atoms with Crippen molar-refractivity contribution in [3.8, 4) is 0 Å². The predicted molar refractivity (Wildman–Crippen MR) is 143 cm³/mol. The third kappa shape index (κ3) is 6.80. The minimum absolute atomic E-state index is 0.0399. The lowest BCUT2D eigenvalue weighted by atomic mass is 10.1. The molecule has 1 N–H and O–H groups in total. The van der Waals surface area contributed by atoms with Gasteiger partial charge >= 0.3 is 0 Å². The van der Waals surface area contributed by atoms with Crippen molar-refractivity contribution < 1.29 is 22.4 Å². The smallest absolute Gasteiger partial charge is 0.264 e. The standard InChI is InChI=1S/C26H26Cl2FN3O4S/c1-17-4-12-23(13-5-17)37(35,36)32(22-10-8-21(29)9-11-22)16-25(33)31(18(2)26(34)30-3)15-19-6-7-20(27)14-24(19)28/h4-14,18H,15-16H2,1-3H3,(H,30,34). The monoisotopic (exact) mass is 565 g/mol. The molecule has 7 nitrogen and oxygen atoms in total. The molecule has 3 aromatic carbocycles. The van der Waals surface area contributed by atoms with Gasteiger partial charge in [-0.1, -0.05) is 47.0 Å². The minimum Gasteiger partial charge on any atom is -0.357 e. The van der Waals surface area contributed by atoms with E-state index in [-0.39, 0.29) is 22.2 Å². The predicted octanol–water partition coefficient (Wildman–Crippen LogP) is 4.80. The average Bonchev–Trinajstić information content (AvgIpc) is 2.86. The Labute approximate surface area is 225 Å². The molecule has 3 rings (SSSR count). The number of anilines is 1. The number of likely N-dealkylation sites (N-methyl/N-ethyl adjacent to an activating group) is 1. The van der Waals surface area contributed by atoms with Gasteiger partial charge in [0.2, 0.25) is 11.8 Å². The van der Waals surface area contributed by atoms with Gasteiger partial charge in [-0.25, -0.2) is 12.8 Å². The van der Waals surface area contributed by atoms with E-state index in [1.165, 1.54) is 49.2 Å². The number of nitrogens with zero attached hydrogens (tertiary/aromatic N) is 2. The average molecular weight is 566 g/mol. The zero-order chi connectivity index (χ0) is 27.3. The summed E-state index contributed by atoms with van der Waals surface area (Å²) < 4.78 is 41.8. The van der Waals surface area contributed by atoms with E-state index in [0.29, 0.717) is 10.6 Å². The first kappa shape index (κ1) is 28.4. The van der Waals surface area contributed by atoms with Gasteiger partial charge in [-0.2, -0.15) is 0 Å². The SMILES string of the molecule is CNC(=O)C(C)N(Cc1ccc(Cl)cc1Cl)C(=O)CN(c1ccc(F)cc1)S(=O)(=O)c1ccc(C)cc1. The largest absolute Gasteiger partial charge is 0.357 e. The number of hydrogen-bond donors (Lipinski definition) is 1. The van der Waals surface area contributed by atoms with Gasteiger partial charge in [-0.3, -0.25) is 13.9 Å². The van der Waals surface area contributed by atoms with E-state index < -0.39 is 40.2 Å². The van der Waals surface area contributed by atoms with Crippen LogP contribution in [0, 0.1) is 12.7 Å². The molecule has 0 spiro atoms. The summed E-state index contributed by atoms with van der Waals surface area (Å²) in [5.74, 6) is -1.68. The second-order valence-corrected chi connectivity index (χ2v) is 11.1. The molecule has 1 unspecified atom stereocenters. The van der Waals surface area contributed by atoms with Gasteiger partial charge in [0, 0.05) is 23.6 Å². The Morgan fingerprint density at radius 2 is 1.62 bits per heavy atom. The van der Waals surface area contributed by atoms with E-state index in [1.54, 1.807) is 24.3 Å². The van der Waals surface area contributed by atoms with Crippen LogP contribution >= 0.6 is 23.2 Å². The number of carbonyl (C=O) groups is 2. The summed E-state index contributed by atoms with van der Waals surface area (Å²) in [6.45, 7) is 2.62. The number of halogens is 3. The summed E-state index contributed by atoms with van der Waals surface area (Å²) >= 11 is 12.3. The summed E-state index contributed by atoms with van der Waals surface area (Å²) in [6, 6.07) is 14.7. The van der Waals surface area contributed by atoms with E-state index in [0.717, 1.165) is 22.0 Å². The van der Waals surface area contributed by atoms with Gasteiger partial charge in [0.15, 0.2) is 0 Å². The van der Waals surface area contributed by atoms with Crippen LogP contribution in [0.15, 0.2) is 71.6 Å². The maximum atomic E-state index is 13.7. The number of sulfonamides is 1. The van der Waals surface area contributed by atoms with Crippen LogP contribution in [-0.2, 0) is 26.2 Å². The highest BCUT2D eigenvalue weighted by Crippen LogP contribution is 2.27. The van der Waals surface area contributed by atoms with Crippen molar-refractivity contribution in [2.45, 2.75) is 31.3 Å². The molecule has 3 aromatic rings. The van der Waals surface area contributed by atoms with E-state index in [9.17, 15) is 22.4 Å². The Bertz CT molecular complexity index is 1380. The number of aryl methyl sites for hydroxylation is 1. The van der Waals surface area contributed by atoms with Crippen molar-refractivity contribution in [1.29, 1.82) is 0 Å². The Morgan fingerprint density at radius 1 is 1.00 bits per heavy atom. The summed E-state index contributed by atoms with van der Waals surface area (Å²) in [6.07, 6.45) is 0. The molecule has 2 amide bonds. The lowest BCUT2D eigenvalue weighted by molar-refractivity contribution is -0.139. The molecule has 0 aliphatic rings. The minimum atomic E-state index is -4.23. The molecule has 0 saturated heterocycles. The van der Waals surface area contributed by atoms with Crippen molar-refractivity contribution >= 4 is 50.7 Å². The number of nitrogens with one attached hydrogen (secondary N) is 1. The highest BCUT2D eigenvalue weighted by atomic mass is 35.5. The molecule has 11 heteroatoms. The number of hydrogen-bond acceptors (Lipinski definition) is 4. The lowest BCUT2D eigenvalue weighted by Crippen LogP contribution is -2.50. The topological polar surface area (TPSA) is 86.8 Å². The zero-order valence-corrected chi connectivity index (χ0v) is 22.7. The molecule has 0 aromatic heterocycles. The third-order valence-electron chi connectivity index (χ3n) is 5.77. The molecule has 0 fully saturated rings. The lowest BCUT2D eigenvalue weighted by Gasteiger charge is -2.32. The molecule has 37 heavy (non-hydrogen) atoms. The van der Waals surface area contributed by atoms with Crippen LogP contribution in [0.25, 0.3) is 0 Å². The summed E-state index contributed by atoms with van der Waals surface area (Å²) in [5.41, 5.74) is 1.46. The van der Waals surface area contributed by atoms with E-state index in [4.69, 9.17) is 23.2 Å². The number of rotatable bonds is 9. The Hall–Kier alpha value is -3.14. The third-order valence-corrected chi connectivity index (χ3v) is 8.15. The Balaban J connectivity index is 2.04. The Morgan fingerprint density at radius 3 is 2.19 bits per heavy atom. The van der Waals surface area contributed by atoms with E-state index in [2.05, 4.69) is 5.32 Å². The van der Waals surface area contributed by atoms with Crippen LogP contribution < -0.4 is 9.62 Å².